The quantitative estimate of drug-likeness (QED) is 0.787. The maximum absolute atomic E-state index is 11.4. The molecule has 0 bridgehead atoms. The third-order valence-electron chi connectivity index (χ3n) is 2.80. The first-order chi connectivity index (χ1) is 8.65. The molecule has 1 aromatic carbocycles. The van der Waals surface area contributed by atoms with Gasteiger partial charge in [-0.15, -0.1) is 0 Å². The number of carbonyl (C=O) groups excluding carboxylic acids is 1. The lowest BCUT2D eigenvalue weighted by Gasteiger charge is -2.07. The van der Waals surface area contributed by atoms with E-state index in [-0.39, 0.29) is 5.91 Å². The van der Waals surface area contributed by atoms with Gasteiger partial charge in [0.15, 0.2) is 0 Å². The second kappa shape index (κ2) is 6.55. The molecule has 0 heterocycles. The lowest BCUT2D eigenvalue weighted by atomic mass is 10.2. The molecule has 2 rings (SSSR count). The number of hydrogen-bond acceptors (Lipinski definition) is 2. The molecule has 1 amide bonds. The van der Waals surface area contributed by atoms with Gasteiger partial charge in [0.1, 0.15) is 0 Å². The molecule has 1 aliphatic carbocycles. The molecule has 18 heavy (non-hydrogen) atoms. The summed E-state index contributed by atoms with van der Waals surface area (Å²) in [6.45, 7) is 1.42. The molecule has 0 aromatic heterocycles. The Hall–Kier alpha value is -0.580. The van der Waals surface area contributed by atoms with Crippen molar-refractivity contribution >= 4 is 33.4 Å². The number of hydrogen-bond donors (Lipinski definition) is 2. The van der Waals surface area contributed by atoms with Gasteiger partial charge in [0.05, 0.1) is 0 Å². The molecule has 1 aliphatic rings. The molecule has 0 aliphatic heterocycles. The van der Waals surface area contributed by atoms with Crippen molar-refractivity contribution < 1.29 is 4.79 Å². The molecule has 2 N–H and O–H groups in total. The summed E-state index contributed by atoms with van der Waals surface area (Å²) in [6.07, 6.45) is 2.80. The van der Waals surface area contributed by atoms with Gasteiger partial charge in [0.25, 0.3) is 0 Å². The van der Waals surface area contributed by atoms with Crippen LogP contribution >= 0.6 is 27.5 Å². The highest BCUT2D eigenvalue weighted by Crippen LogP contribution is 2.21. The van der Waals surface area contributed by atoms with E-state index in [0.717, 1.165) is 34.4 Å². The zero-order valence-electron chi connectivity index (χ0n) is 10.0. The van der Waals surface area contributed by atoms with Crippen LogP contribution in [0.4, 0.5) is 0 Å². The van der Waals surface area contributed by atoms with Crippen molar-refractivity contribution in [1.29, 1.82) is 0 Å². The zero-order chi connectivity index (χ0) is 13.0. The molecular formula is C13H16BrClN2O. The van der Waals surface area contributed by atoms with E-state index in [0.29, 0.717) is 19.0 Å². The van der Waals surface area contributed by atoms with E-state index < -0.39 is 0 Å². The zero-order valence-corrected chi connectivity index (χ0v) is 12.4. The summed E-state index contributed by atoms with van der Waals surface area (Å²) >= 11 is 9.34. The van der Waals surface area contributed by atoms with Gasteiger partial charge in [0.2, 0.25) is 5.91 Å². The summed E-state index contributed by atoms with van der Waals surface area (Å²) < 4.78 is 0.991. The summed E-state index contributed by atoms with van der Waals surface area (Å²) in [6, 6.07) is 6.16. The van der Waals surface area contributed by atoms with Crippen molar-refractivity contribution in [3.05, 3.63) is 33.3 Å². The smallest absolute Gasteiger partial charge is 0.221 e. The lowest BCUT2D eigenvalue weighted by molar-refractivity contribution is -0.121. The SMILES string of the molecule is O=C(CCNCc1ccc(Cl)cc1Br)NC1CC1. The predicted octanol–water partition coefficient (Wildman–Crippen LogP) is 2.86. The Morgan fingerprint density at radius 3 is 2.89 bits per heavy atom. The fourth-order valence-electron chi connectivity index (χ4n) is 1.62. The van der Waals surface area contributed by atoms with Crippen molar-refractivity contribution in [3.8, 4) is 0 Å². The molecule has 0 spiro atoms. The normalized spacial score (nSPS) is 14.6. The summed E-state index contributed by atoms with van der Waals surface area (Å²) in [4.78, 5) is 11.4. The lowest BCUT2D eigenvalue weighted by Crippen LogP contribution is -2.29. The first kappa shape index (κ1) is 13.8. The second-order valence-electron chi connectivity index (χ2n) is 4.50. The standard InChI is InChI=1S/C13H16BrClN2O/c14-12-7-10(15)2-1-9(12)8-16-6-5-13(18)17-11-3-4-11/h1-2,7,11,16H,3-6,8H2,(H,17,18). The maximum atomic E-state index is 11.4. The van der Waals surface area contributed by atoms with Crippen LogP contribution in [0.15, 0.2) is 22.7 Å². The van der Waals surface area contributed by atoms with Crippen LogP contribution in [0.3, 0.4) is 0 Å². The number of rotatable bonds is 6. The average Bonchev–Trinajstić information content (AvgIpc) is 3.10. The molecule has 98 valence electrons. The number of halogens is 2. The second-order valence-corrected chi connectivity index (χ2v) is 5.80. The van der Waals surface area contributed by atoms with Crippen LogP contribution in [0.25, 0.3) is 0 Å². The Morgan fingerprint density at radius 1 is 1.44 bits per heavy atom. The highest BCUT2D eigenvalue weighted by molar-refractivity contribution is 9.10. The van der Waals surface area contributed by atoms with Crippen LogP contribution < -0.4 is 10.6 Å². The maximum Gasteiger partial charge on any atom is 0.221 e. The van der Waals surface area contributed by atoms with Gasteiger partial charge in [-0.05, 0) is 30.5 Å². The van der Waals surface area contributed by atoms with Gasteiger partial charge < -0.3 is 10.6 Å². The van der Waals surface area contributed by atoms with E-state index in [1.807, 2.05) is 18.2 Å². The van der Waals surface area contributed by atoms with Crippen LogP contribution in [0.2, 0.25) is 5.02 Å². The third-order valence-corrected chi connectivity index (χ3v) is 3.78. The van der Waals surface area contributed by atoms with Crippen molar-refractivity contribution in [2.45, 2.75) is 31.8 Å². The molecule has 5 heteroatoms. The minimum absolute atomic E-state index is 0.139. The van der Waals surface area contributed by atoms with Crippen molar-refractivity contribution in [1.82, 2.24) is 10.6 Å². The number of benzene rings is 1. The Bertz CT molecular complexity index is 435. The van der Waals surface area contributed by atoms with Crippen LogP contribution in [0.1, 0.15) is 24.8 Å². The molecule has 1 saturated carbocycles. The van der Waals surface area contributed by atoms with E-state index in [1.165, 1.54) is 0 Å². The topological polar surface area (TPSA) is 41.1 Å². The Morgan fingerprint density at radius 2 is 2.22 bits per heavy atom. The van der Waals surface area contributed by atoms with Gasteiger partial charge in [0, 0.05) is 35.0 Å². The molecule has 0 atom stereocenters. The fourth-order valence-corrected chi connectivity index (χ4v) is 2.44. The van der Waals surface area contributed by atoms with Crippen LogP contribution in [0.5, 0.6) is 0 Å². The number of nitrogens with one attached hydrogen (secondary N) is 2. The van der Waals surface area contributed by atoms with Gasteiger partial charge in [-0.1, -0.05) is 33.6 Å². The average molecular weight is 332 g/mol. The first-order valence-corrected chi connectivity index (χ1v) is 7.26. The summed E-state index contributed by atoms with van der Waals surface area (Å²) in [5, 5.41) is 6.94. The van der Waals surface area contributed by atoms with Gasteiger partial charge in [-0.3, -0.25) is 4.79 Å². The first-order valence-electron chi connectivity index (χ1n) is 6.09. The Kier molecular flexibility index (Phi) is 5.03. The monoisotopic (exact) mass is 330 g/mol. The highest BCUT2D eigenvalue weighted by Gasteiger charge is 2.22. The highest BCUT2D eigenvalue weighted by atomic mass is 79.9. The molecule has 1 aromatic rings. The van der Waals surface area contributed by atoms with Crippen molar-refractivity contribution in [3.63, 3.8) is 0 Å². The molecule has 3 nitrogen and oxygen atoms in total. The van der Waals surface area contributed by atoms with Gasteiger partial charge >= 0.3 is 0 Å². The minimum Gasteiger partial charge on any atom is -0.353 e. The summed E-state index contributed by atoms with van der Waals surface area (Å²) in [5.74, 6) is 0.139. The van der Waals surface area contributed by atoms with Gasteiger partial charge in [-0.25, -0.2) is 0 Å². The molecular weight excluding hydrogens is 316 g/mol. The third kappa shape index (κ3) is 4.59. The summed E-state index contributed by atoms with van der Waals surface area (Å²) in [5.41, 5.74) is 1.14. The van der Waals surface area contributed by atoms with Crippen molar-refractivity contribution in [2.24, 2.45) is 0 Å². The van der Waals surface area contributed by atoms with Crippen LogP contribution in [-0.2, 0) is 11.3 Å². The van der Waals surface area contributed by atoms with Crippen LogP contribution in [0, 0.1) is 0 Å². The molecule has 0 unspecified atom stereocenters. The molecule has 0 radical (unpaired) electrons. The van der Waals surface area contributed by atoms with E-state index in [1.54, 1.807) is 0 Å². The van der Waals surface area contributed by atoms with Crippen LogP contribution in [-0.4, -0.2) is 18.5 Å². The fraction of sp³-hybridized carbons (Fsp3) is 0.462. The van der Waals surface area contributed by atoms with E-state index in [4.69, 9.17) is 11.6 Å². The predicted molar refractivity (Wildman–Crippen MR) is 76.6 cm³/mol. The summed E-state index contributed by atoms with van der Waals surface area (Å²) in [7, 11) is 0. The molecule has 1 fully saturated rings. The minimum atomic E-state index is 0.139. The number of amides is 1. The Balaban J connectivity index is 1.66. The number of carbonyl (C=O) groups is 1. The Labute approximate surface area is 120 Å². The van der Waals surface area contributed by atoms with E-state index in [9.17, 15) is 4.79 Å². The van der Waals surface area contributed by atoms with Gasteiger partial charge in [-0.2, -0.15) is 0 Å². The largest absolute Gasteiger partial charge is 0.353 e. The molecule has 0 saturated heterocycles. The van der Waals surface area contributed by atoms with Crippen molar-refractivity contribution in [2.75, 3.05) is 6.54 Å². The van der Waals surface area contributed by atoms with E-state index in [2.05, 4.69) is 26.6 Å². The van der Waals surface area contributed by atoms with E-state index >= 15 is 0 Å².